The van der Waals surface area contributed by atoms with Crippen molar-refractivity contribution >= 4 is 39.0 Å². The zero-order valence-electron chi connectivity index (χ0n) is 12.1. The van der Waals surface area contributed by atoms with Crippen LogP contribution in [0.15, 0.2) is 53.0 Å². The maximum Gasteiger partial charge on any atom is 2.00 e. The molecule has 1 aliphatic heterocycles. The first-order valence-electron chi connectivity index (χ1n) is 6.29. The molecule has 0 bridgehead atoms. The SMILES string of the molecule is C1CCOC1.Fc1c[c-]ccc1.Fc1cccc(Br)c1.[Br-].[Mg+2]. The van der Waals surface area contributed by atoms with E-state index in [0.29, 0.717) is 0 Å². The van der Waals surface area contributed by atoms with E-state index < -0.39 is 0 Å². The van der Waals surface area contributed by atoms with Crippen LogP contribution in [0.1, 0.15) is 12.8 Å². The average molecular weight is 446 g/mol. The molecule has 2 aromatic carbocycles. The minimum atomic E-state index is -0.234. The Kier molecular flexibility index (Phi) is 17.5. The third-order valence-corrected chi connectivity index (χ3v) is 2.78. The molecule has 0 saturated carbocycles. The first-order valence-corrected chi connectivity index (χ1v) is 7.08. The van der Waals surface area contributed by atoms with Gasteiger partial charge in [0.1, 0.15) is 5.82 Å². The summed E-state index contributed by atoms with van der Waals surface area (Å²) < 4.78 is 29.7. The standard InChI is InChI=1S/C6H4BrF.C6H4F.C4H8O.BrH.Mg/c7-5-2-1-3-6(8)4-5;7-6-4-2-1-3-5-6;1-2-4-5-3-1;;/h1-4H;1-2,4-5H;1-4H2;1H;/q;-1;;;+2/p-1. The van der Waals surface area contributed by atoms with Gasteiger partial charge < -0.3 is 21.7 Å². The number of rotatable bonds is 0. The van der Waals surface area contributed by atoms with Crippen LogP contribution in [0, 0.1) is 17.7 Å². The second-order valence-corrected chi connectivity index (χ2v) is 4.90. The van der Waals surface area contributed by atoms with Crippen molar-refractivity contribution in [2.75, 3.05) is 13.2 Å². The van der Waals surface area contributed by atoms with E-state index in [2.05, 4.69) is 22.0 Å². The molecular formula is C16H16Br2F2MgO. The third-order valence-electron chi connectivity index (χ3n) is 2.28. The second-order valence-electron chi connectivity index (χ2n) is 3.98. The molecule has 0 aromatic heterocycles. The van der Waals surface area contributed by atoms with Crippen LogP contribution in [0.4, 0.5) is 8.78 Å². The number of ether oxygens (including phenoxy) is 1. The molecule has 0 N–H and O–H groups in total. The normalized spacial score (nSPS) is 11.6. The van der Waals surface area contributed by atoms with Crippen molar-refractivity contribution in [1.29, 1.82) is 0 Å². The fourth-order valence-electron chi connectivity index (χ4n) is 1.34. The maximum atomic E-state index is 12.1. The van der Waals surface area contributed by atoms with Gasteiger partial charge in [0, 0.05) is 23.5 Å². The molecule has 0 radical (unpaired) electrons. The molecule has 116 valence electrons. The first-order chi connectivity index (χ1) is 9.68. The average Bonchev–Trinajstić information content (AvgIpc) is 2.99. The molecule has 1 fully saturated rings. The number of halogens is 4. The minimum absolute atomic E-state index is 0. The van der Waals surface area contributed by atoms with Crippen molar-refractivity contribution < 1.29 is 30.5 Å². The van der Waals surface area contributed by atoms with Crippen LogP contribution >= 0.6 is 15.9 Å². The summed E-state index contributed by atoms with van der Waals surface area (Å²) in [7, 11) is 0. The van der Waals surface area contributed by atoms with Crippen LogP contribution in [0.25, 0.3) is 0 Å². The molecule has 2 aromatic rings. The van der Waals surface area contributed by atoms with Crippen LogP contribution in [-0.4, -0.2) is 36.3 Å². The molecule has 0 unspecified atom stereocenters. The Morgan fingerprint density at radius 3 is 1.91 bits per heavy atom. The van der Waals surface area contributed by atoms with E-state index in [1.807, 2.05) is 0 Å². The van der Waals surface area contributed by atoms with Crippen molar-refractivity contribution in [2.24, 2.45) is 0 Å². The summed E-state index contributed by atoms with van der Waals surface area (Å²) in [4.78, 5) is 0. The van der Waals surface area contributed by atoms with Gasteiger partial charge in [-0.1, -0.05) is 22.0 Å². The van der Waals surface area contributed by atoms with Crippen LogP contribution in [-0.2, 0) is 4.74 Å². The summed E-state index contributed by atoms with van der Waals surface area (Å²) >= 11 is 3.12. The monoisotopic (exact) mass is 444 g/mol. The van der Waals surface area contributed by atoms with E-state index in [1.165, 1.54) is 37.1 Å². The van der Waals surface area contributed by atoms with E-state index in [-0.39, 0.29) is 51.7 Å². The smallest absolute Gasteiger partial charge is 1.00 e. The Morgan fingerprint density at radius 2 is 1.64 bits per heavy atom. The molecular weight excluding hydrogens is 430 g/mol. The molecule has 3 rings (SSSR count). The van der Waals surface area contributed by atoms with Gasteiger partial charge in [-0.2, -0.15) is 18.2 Å². The van der Waals surface area contributed by atoms with Gasteiger partial charge in [0.2, 0.25) is 0 Å². The topological polar surface area (TPSA) is 9.23 Å². The van der Waals surface area contributed by atoms with Crippen molar-refractivity contribution in [1.82, 2.24) is 0 Å². The summed E-state index contributed by atoms with van der Waals surface area (Å²) in [5.41, 5.74) is 0. The Hall–Kier alpha value is -0.0138. The van der Waals surface area contributed by atoms with Crippen LogP contribution in [0.2, 0.25) is 0 Å². The molecule has 22 heavy (non-hydrogen) atoms. The largest absolute Gasteiger partial charge is 2.00 e. The summed E-state index contributed by atoms with van der Waals surface area (Å²) in [5, 5.41) is 0. The summed E-state index contributed by atoms with van der Waals surface area (Å²) in [6.45, 7) is 2.00. The summed E-state index contributed by atoms with van der Waals surface area (Å²) in [6, 6.07) is 14.8. The van der Waals surface area contributed by atoms with Crippen molar-refractivity contribution in [3.05, 3.63) is 70.7 Å². The Balaban J connectivity index is 0. The fraction of sp³-hybridized carbons (Fsp3) is 0.250. The van der Waals surface area contributed by atoms with E-state index in [1.54, 1.807) is 24.3 Å². The second kappa shape index (κ2) is 15.9. The molecule has 6 heteroatoms. The molecule has 1 nitrogen and oxygen atoms in total. The molecule has 0 amide bonds. The van der Waals surface area contributed by atoms with Crippen molar-refractivity contribution in [3.63, 3.8) is 0 Å². The van der Waals surface area contributed by atoms with Gasteiger partial charge >= 0.3 is 23.1 Å². The van der Waals surface area contributed by atoms with Gasteiger partial charge in [-0.15, -0.1) is 12.1 Å². The van der Waals surface area contributed by atoms with E-state index in [0.717, 1.165) is 17.7 Å². The number of benzene rings is 2. The van der Waals surface area contributed by atoms with Crippen molar-refractivity contribution in [3.8, 4) is 0 Å². The number of hydrogen-bond acceptors (Lipinski definition) is 1. The Morgan fingerprint density at radius 1 is 1.00 bits per heavy atom. The molecule has 0 atom stereocenters. The van der Waals surface area contributed by atoms with Gasteiger partial charge in [0.15, 0.2) is 0 Å². The minimum Gasteiger partial charge on any atom is -1.00 e. The van der Waals surface area contributed by atoms with Gasteiger partial charge in [-0.05, 0) is 31.0 Å². The van der Waals surface area contributed by atoms with Crippen LogP contribution < -0.4 is 17.0 Å². The van der Waals surface area contributed by atoms with Gasteiger partial charge in [-0.25, -0.2) is 4.39 Å². The van der Waals surface area contributed by atoms with Crippen LogP contribution in [0.5, 0.6) is 0 Å². The Bertz CT molecular complexity index is 458. The maximum absolute atomic E-state index is 12.1. The van der Waals surface area contributed by atoms with Gasteiger partial charge in [0.05, 0.1) is 0 Å². The van der Waals surface area contributed by atoms with Crippen molar-refractivity contribution in [2.45, 2.75) is 12.8 Å². The summed E-state index contributed by atoms with van der Waals surface area (Å²) in [6.07, 6.45) is 2.56. The van der Waals surface area contributed by atoms with E-state index in [4.69, 9.17) is 4.74 Å². The molecule has 0 aliphatic carbocycles. The van der Waals surface area contributed by atoms with Crippen LogP contribution in [0.3, 0.4) is 0 Å². The molecule has 1 saturated heterocycles. The van der Waals surface area contributed by atoms with Gasteiger partial charge in [-0.3, -0.25) is 4.39 Å². The fourth-order valence-corrected chi connectivity index (χ4v) is 1.71. The van der Waals surface area contributed by atoms with E-state index in [9.17, 15) is 8.78 Å². The zero-order chi connectivity index (χ0) is 14.6. The quantitative estimate of drug-likeness (QED) is 0.442. The van der Waals surface area contributed by atoms with E-state index >= 15 is 0 Å². The third kappa shape index (κ3) is 13.6. The first kappa shape index (κ1) is 24.2. The predicted molar refractivity (Wildman–Crippen MR) is 85.1 cm³/mol. The molecule has 1 aliphatic rings. The summed E-state index contributed by atoms with van der Waals surface area (Å²) in [5.74, 6) is -0.443. The molecule has 1 heterocycles. The zero-order valence-corrected chi connectivity index (χ0v) is 16.7. The number of hydrogen-bond donors (Lipinski definition) is 0. The predicted octanol–water partition coefficient (Wildman–Crippen LogP) is 1.63. The van der Waals surface area contributed by atoms with Gasteiger partial charge in [0.25, 0.3) is 0 Å². The Labute approximate surface area is 165 Å². The molecule has 0 spiro atoms.